The molecule has 18 heavy (non-hydrogen) atoms. The molecule has 1 aromatic rings. The molecule has 1 aliphatic rings. The van der Waals surface area contributed by atoms with E-state index in [2.05, 4.69) is 6.92 Å². The number of anilines is 1. The molecule has 96 valence electrons. The third kappa shape index (κ3) is 2.45. The second-order valence-electron chi connectivity index (χ2n) is 4.76. The zero-order valence-corrected chi connectivity index (χ0v) is 10.4. The van der Waals surface area contributed by atoms with Gasteiger partial charge in [-0.3, -0.25) is 0 Å². The van der Waals surface area contributed by atoms with Crippen LogP contribution in [0.5, 0.6) is 0 Å². The van der Waals surface area contributed by atoms with Crippen molar-refractivity contribution >= 4 is 5.69 Å². The molecule has 2 rings (SSSR count). The second kappa shape index (κ2) is 5.34. The van der Waals surface area contributed by atoms with Crippen LogP contribution < -0.4 is 4.90 Å². The van der Waals surface area contributed by atoms with Crippen LogP contribution in [-0.2, 0) is 0 Å². The number of hydrogen-bond acceptors (Lipinski definition) is 2. The van der Waals surface area contributed by atoms with E-state index in [1.807, 2.05) is 0 Å². The average molecular weight is 250 g/mol. The van der Waals surface area contributed by atoms with Gasteiger partial charge in [0.2, 0.25) is 0 Å². The fourth-order valence-corrected chi connectivity index (χ4v) is 2.53. The minimum Gasteiger partial charge on any atom is -0.367 e. The standard InChI is InChI=1S/C14H16F2N2/c1-2-10-4-3-5-18(9-10)14-12(15)6-11(8-17)7-13(14)16/h6-7,10H,2-5,9H2,1H3. The molecule has 2 nitrogen and oxygen atoms in total. The molecule has 0 N–H and O–H groups in total. The van der Waals surface area contributed by atoms with E-state index in [1.54, 1.807) is 11.0 Å². The predicted octanol–water partition coefficient (Wildman–Crippen LogP) is 3.46. The van der Waals surface area contributed by atoms with Crippen molar-refractivity contribution in [2.24, 2.45) is 5.92 Å². The maximum Gasteiger partial charge on any atom is 0.150 e. The van der Waals surface area contributed by atoms with Gasteiger partial charge in [0.1, 0.15) is 5.69 Å². The van der Waals surface area contributed by atoms with Gasteiger partial charge in [-0.15, -0.1) is 0 Å². The van der Waals surface area contributed by atoms with Gasteiger partial charge in [-0.2, -0.15) is 5.26 Å². The van der Waals surface area contributed by atoms with Gasteiger partial charge in [0.25, 0.3) is 0 Å². The molecule has 0 radical (unpaired) electrons. The highest BCUT2D eigenvalue weighted by Gasteiger charge is 2.24. The van der Waals surface area contributed by atoms with Crippen molar-refractivity contribution in [1.82, 2.24) is 0 Å². The van der Waals surface area contributed by atoms with E-state index >= 15 is 0 Å². The topological polar surface area (TPSA) is 27.0 Å². The number of nitriles is 1. The predicted molar refractivity (Wildman–Crippen MR) is 66.3 cm³/mol. The van der Waals surface area contributed by atoms with Crippen LogP contribution in [0.4, 0.5) is 14.5 Å². The Morgan fingerprint density at radius 2 is 2.06 bits per heavy atom. The van der Waals surface area contributed by atoms with E-state index in [-0.39, 0.29) is 11.3 Å². The third-order valence-corrected chi connectivity index (χ3v) is 3.56. The Morgan fingerprint density at radius 1 is 1.39 bits per heavy atom. The molecular formula is C14H16F2N2. The van der Waals surface area contributed by atoms with Gasteiger partial charge in [-0.1, -0.05) is 13.3 Å². The Morgan fingerprint density at radius 3 is 2.61 bits per heavy atom. The smallest absolute Gasteiger partial charge is 0.150 e. The monoisotopic (exact) mass is 250 g/mol. The van der Waals surface area contributed by atoms with E-state index in [4.69, 9.17) is 5.26 Å². The Labute approximate surface area is 106 Å². The Bertz CT molecular complexity index is 456. The highest BCUT2D eigenvalue weighted by molar-refractivity contribution is 5.53. The highest BCUT2D eigenvalue weighted by atomic mass is 19.1. The van der Waals surface area contributed by atoms with Crippen LogP contribution in [0.25, 0.3) is 0 Å². The van der Waals surface area contributed by atoms with Crippen molar-refractivity contribution in [3.05, 3.63) is 29.3 Å². The first-order valence-electron chi connectivity index (χ1n) is 6.29. The van der Waals surface area contributed by atoms with Crippen molar-refractivity contribution in [2.45, 2.75) is 26.2 Å². The Hall–Kier alpha value is -1.63. The number of rotatable bonds is 2. The van der Waals surface area contributed by atoms with Crippen LogP contribution in [0.2, 0.25) is 0 Å². The van der Waals surface area contributed by atoms with Gasteiger partial charge in [0.05, 0.1) is 11.6 Å². The molecule has 0 aromatic heterocycles. The van der Waals surface area contributed by atoms with Crippen LogP contribution >= 0.6 is 0 Å². The summed E-state index contributed by atoms with van der Waals surface area (Å²) >= 11 is 0. The van der Waals surface area contributed by atoms with E-state index in [1.165, 1.54) is 0 Å². The molecule has 0 aliphatic carbocycles. The first kappa shape index (κ1) is 12.8. The molecule has 1 aliphatic heterocycles. The van der Waals surface area contributed by atoms with E-state index in [0.717, 1.165) is 31.4 Å². The van der Waals surface area contributed by atoms with Gasteiger partial charge >= 0.3 is 0 Å². The average Bonchev–Trinajstić information content (AvgIpc) is 2.38. The molecule has 1 saturated heterocycles. The van der Waals surface area contributed by atoms with E-state index < -0.39 is 11.6 Å². The lowest BCUT2D eigenvalue weighted by atomic mass is 9.95. The largest absolute Gasteiger partial charge is 0.367 e. The summed E-state index contributed by atoms with van der Waals surface area (Å²) in [5.74, 6) is -0.778. The summed E-state index contributed by atoms with van der Waals surface area (Å²) in [4.78, 5) is 1.77. The highest BCUT2D eigenvalue weighted by Crippen LogP contribution is 2.30. The summed E-state index contributed by atoms with van der Waals surface area (Å²) in [7, 11) is 0. The maximum absolute atomic E-state index is 13.9. The summed E-state index contributed by atoms with van der Waals surface area (Å²) in [5.41, 5.74) is 0.0463. The molecule has 1 aromatic carbocycles. The van der Waals surface area contributed by atoms with Gasteiger partial charge in [-0.25, -0.2) is 8.78 Å². The van der Waals surface area contributed by atoms with Crippen molar-refractivity contribution in [2.75, 3.05) is 18.0 Å². The first-order valence-corrected chi connectivity index (χ1v) is 6.29. The maximum atomic E-state index is 13.9. The van der Waals surface area contributed by atoms with Crippen molar-refractivity contribution in [1.29, 1.82) is 5.26 Å². The zero-order valence-electron chi connectivity index (χ0n) is 10.4. The summed E-state index contributed by atoms with van der Waals surface area (Å²) < 4.78 is 27.8. The van der Waals surface area contributed by atoms with E-state index in [9.17, 15) is 8.78 Å². The lowest BCUT2D eigenvalue weighted by Gasteiger charge is -2.34. The lowest BCUT2D eigenvalue weighted by Crippen LogP contribution is -2.36. The molecule has 0 bridgehead atoms. The molecule has 1 fully saturated rings. The van der Waals surface area contributed by atoms with Gasteiger partial charge in [-0.05, 0) is 30.9 Å². The number of benzene rings is 1. The number of hydrogen-bond donors (Lipinski definition) is 0. The minimum atomic E-state index is -0.636. The van der Waals surface area contributed by atoms with Crippen LogP contribution in [-0.4, -0.2) is 13.1 Å². The fraction of sp³-hybridized carbons (Fsp3) is 0.500. The summed E-state index contributed by atoms with van der Waals surface area (Å²) in [6.07, 6.45) is 3.10. The molecule has 4 heteroatoms. The molecule has 1 heterocycles. The van der Waals surface area contributed by atoms with Crippen LogP contribution in [0.3, 0.4) is 0 Å². The number of nitrogens with zero attached hydrogens (tertiary/aromatic N) is 2. The molecule has 0 spiro atoms. The summed E-state index contributed by atoms with van der Waals surface area (Å²) in [5, 5.41) is 8.67. The van der Waals surface area contributed by atoms with Gasteiger partial charge in [0.15, 0.2) is 11.6 Å². The molecule has 0 amide bonds. The number of halogens is 2. The normalized spacial score (nSPS) is 19.7. The quantitative estimate of drug-likeness (QED) is 0.803. The molecule has 0 saturated carbocycles. The van der Waals surface area contributed by atoms with Crippen molar-refractivity contribution in [3.8, 4) is 6.07 Å². The van der Waals surface area contributed by atoms with E-state index in [0.29, 0.717) is 19.0 Å². The zero-order chi connectivity index (χ0) is 13.1. The molecule has 1 unspecified atom stereocenters. The minimum absolute atomic E-state index is 0.0205. The van der Waals surface area contributed by atoms with Crippen molar-refractivity contribution < 1.29 is 8.78 Å². The SMILES string of the molecule is CCC1CCCN(c2c(F)cc(C#N)cc2F)C1. The number of piperidine rings is 1. The molecular weight excluding hydrogens is 234 g/mol. The van der Waals surface area contributed by atoms with Crippen LogP contribution in [0, 0.1) is 28.9 Å². The first-order chi connectivity index (χ1) is 8.65. The van der Waals surface area contributed by atoms with Crippen molar-refractivity contribution in [3.63, 3.8) is 0 Å². The lowest BCUT2D eigenvalue weighted by molar-refractivity contribution is 0.398. The van der Waals surface area contributed by atoms with Gasteiger partial charge in [0, 0.05) is 13.1 Å². The summed E-state index contributed by atoms with van der Waals surface area (Å²) in [6.45, 7) is 3.46. The Kier molecular flexibility index (Phi) is 3.81. The second-order valence-corrected chi connectivity index (χ2v) is 4.76. The van der Waals surface area contributed by atoms with Crippen LogP contribution in [0.15, 0.2) is 12.1 Å². The third-order valence-electron chi connectivity index (χ3n) is 3.56. The fourth-order valence-electron chi connectivity index (χ4n) is 2.53. The van der Waals surface area contributed by atoms with Gasteiger partial charge < -0.3 is 4.90 Å². The molecule has 1 atom stereocenters. The summed E-state index contributed by atoms with van der Waals surface area (Å²) in [6, 6.07) is 3.97. The van der Waals surface area contributed by atoms with Crippen LogP contribution in [0.1, 0.15) is 31.7 Å². The Balaban J connectivity index is 2.30.